The third-order valence-electron chi connectivity index (χ3n) is 1.92. The van der Waals surface area contributed by atoms with Crippen molar-refractivity contribution >= 4 is 5.78 Å². The number of aromatic nitrogens is 3. The highest BCUT2D eigenvalue weighted by Gasteiger charge is 2.08. The minimum Gasteiger partial charge on any atom is -0.366 e. The van der Waals surface area contributed by atoms with E-state index in [1.807, 2.05) is 13.8 Å². The molecule has 0 aliphatic carbocycles. The standard InChI is InChI=1S/C9H15N3O2/c1-7(2)8(13)4-14-5-9-10-6-11-12(9)3/h6-7H,4-5H2,1-3H3. The van der Waals surface area contributed by atoms with Gasteiger partial charge in [-0.1, -0.05) is 13.8 Å². The molecular formula is C9H15N3O2. The van der Waals surface area contributed by atoms with Gasteiger partial charge in [-0.25, -0.2) is 4.98 Å². The topological polar surface area (TPSA) is 57.0 Å². The Kier molecular flexibility index (Phi) is 3.76. The molecule has 1 rings (SSSR count). The summed E-state index contributed by atoms with van der Waals surface area (Å²) in [5.74, 6) is 0.850. The van der Waals surface area contributed by atoms with E-state index in [1.165, 1.54) is 6.33 Å². The molecule has 0 aromatic carbocycles. The van der Waals surface area contributed by atoms with E-state index in [0.29, 0.717) is 6.61 Å². The molecule has 0 radical (unpaired) electrons. The molecule has 0 N–H and O–H groups in total. The molecule has 5 heteroatoms. The van der Waals surface area contributed by atoms with Gasteiger partial charge in [-0.3, -0.25) is 9.48 Å². The monoisotopic (exact) mass is 197 g/mol. The molecule has 0 spiro atoms. The Labute approximate surface area is 83.1 Å². The Morgan fingerprint density at radius 3 is 2.86 bits per heavy atom. The van der Waals surface area contributed by atoms with Crippen LogP contribution in [0.1, 0.15) is 19.7 Å². The third kappa shape index (κ3) is 2.92. The minimum absolute atomic E-state index is 0.0227. The summed E-state index contributed by atoms with van der Waals surface area (Å²) < 4.78 is 6.83. The molecule has 0 fully saturated rings. The van der Waals surface area contributed by atoms with Gasteiger partial charge >= 0.3 is 0 Å². The van der Waals surface area contributed by atoms with Crippen LogP contribution in [0.4, 0.5) is 0 Å². The number of hydrogen-bond acceptors (Lipinski definition) is 4. The molecule has 5 nitrogen and oxygen atoms in total. The van der Waals surface area contributed by atoms with E-state index in [4.69, 9.17) is 4.74 Å². The van der Waals surface area contributed by atoms with Gasteiger partial charge < -0.3 is 4.74 Å². The molecule has 0 bridgehead atoms. The number of ketones is 1. The highest BCUT2D eigenvalue weighted by Crippen LogP contribution is 1.98. The first kappa shape index (κ1) is 10.8. The Balaban J connectivity index is 2.29. The Hall–Kier alpha value is -1.23. The summed E-state index contributed by atoms with van der Waals surface area (Å²) in [6, 6.07) is 0. The van der Waals surface area contributed by atoms with Crippen molar-refractivity contribution < 1.29 is 9.53 Å². The van der Waals surface area contributed by atoms with Crippen molar-refractivity contribution in [1.29, 1.82) is 0 Å². The molecule has 78 valence electrons. The van der Waals surface area contributed by atoms with Gasteiger partial charge in [-0.05, 0) is 0 Å². The molecule has 0 unspecified atom stereocenters. The van der Waals surface area contributed by atoms with E-state index >= 15 is 0 Å². The number of aryl methyl sites for hydroxylation is 1. The molecule has 0 atom stereocenters. The van der Waals surface area contributed by atoms with Crippen molar-refractivity contribution in [1.82, 2.24) is 14.8 Å². The van der Waals surface area contributed by atoms with Crippen LogP contribution in [0.25, 0.3) is 0 Å². The molecule has 1 heterocycles. The number of ether oxygens (including phenoxy) is 1. The van der Waals surface area contributed by atoms with Crippen molar-refractivity contribution in [2.45, 2.75) is 20.5 Å². The van der Waals surface area contributed by atoms with Crippen molar-refractivity contribution in [2.24, 2.45) is 13.0 Å². The van der Waals surface area contributed by atoms with Crippen LogP contribution < -0.4 is 0 Å². The molecule has 0 aliphatic heterocycles. The molecular weight excluding hydrogens is 182 g/mol. The van der Waals surface area contributed by atoms with E-state index in [-0.39, 0.29) is 18.3 Å². The first-order valence-corrected chi connectivity index (χ1v) is 4.54. The van der Waals surface area contributed by atoms with Crippen LogP contribution in [0.3, 0.4) is 0 Å². The summed E-state index contributed by atoms with van der Waals surface area (Å²) in [5.41, 5.74) is 0. The molecule has 14 heavy (non-hydrogen) atoms. The number of carbonyl (C=O) groups excluding carboxylic acids is 1. The molecule has 0 saturated carbocycles. The molecule has 0 aliphatic rings. The Morgan fingerprint density at radius 1 is 1.64 bits per heavy atom. The summed E-state index contributed by atoms with van der Waals surface area (Å²) in [6.45, 7) is 4.18. The maximum Gasteiger partial charge on any atom is 0.160 e. The zero-order valence-electron chi connectivity index (χ0n) is 8.73. The summed E-state index contributed by atoms with van der Waals surface area (Å²) in [6.07, 6.45) is 1.46. The van der Waals surface area contributed by atoms with Crippen LogP contribution in [0.5, 0.6) is 0 Å². The largest absolute Gasteiger partial charge is 0.366 e. The maximum atomic E-state index is 11.2. The SMILES string of the molecule is CC(C)C(=O)COCc1ncnn1C. The summed E-state index contributed by atoms with van der Waals surface area (Å²) >= 11 is 0. The fraction of sp³-hybridized carbons (Fsp3) is 0.667. The van der Waals surface area contributed by atoms with Crippen LogP contribution >= 0.6 is 0 Å². The number of nitrogens with zero attached hydrogens (tertiary/aromatic N) is 3. The van der Waals surface area contributed by atoms with Crippen molar-refractivity contribution in [3.63, 3.8) is 0 Å². The van der Waals surface area contributed by atoms with E-state index in [1.54, 1.807) is 11.7 Å². The van der Waals surface area contributed by atoms with Gasteiger partial charge in [0.25, 0.3) is 0 Å². The van der Waals surface area contributed by atoms with Gasteiger partial charge in [0.1, 0.15) is 19.5 Å². The normalized spacial score (nSPS) is 10.9. The summed E-state index contributed by atoms with van der Waals surface area (Å²) in [4.78, 5) is 15.2. The van der Waals surface area contributed by atoms with Crippen LogP contribution in [-0.4, -0.2) is 27.2 Å². The zero-order chi connectivity index (χ0) is 10.6. The lowest BCUT2D eigenvalue weighted by Gasteiger charge is -2.04. The molecule has 1 aromatic rings. The number of rotatable bonds is 5. The van der Waals surface area contributed by atoms with E-state index < -0.39 is 0 Å². The second kappa shape index (κ2) is 4.85. The second-order valence-electron chi connectivity index (χ2n) is 3.41. The van der Waals surface area contributed by atoms with Crippen LogP contribution in [0.15, 0.2) is 6.33 Å². The van der Waals surface area contributed by atoms with Gasteiger partial charge in [0, 0.05) is 13.0 Å². The van der Waals surface area contributed by atoms with Crippen LogP contribution in [-0.2, 0) is 23.2 Å². The molecule has 1 aromatic heterocycles. The predicted molar refractivity (Wildman–Crippen MR) is 50.5 cm³/mol. The lowest BCUT2D eigenvalue weighted by molar-refractivity contribution is -0.127. The van der Waals surface area contributed by atoms with E-state index in [2.05, 4.69) is 10.1 Å². The predicted octanol–water partition coefficient (Wildman–Crippen LogP) is 0.557. The molecule has 0 amide bonds. The van der Waals surface area contributed by atoms with Crippen LogP contribution in [0, 0.1) is 5.92 Å². The lowest BCUT2D eigenvalue weighted by atomic mass is 10.1. The average molecular weight is 197 g/mol. The quantitative estimate of drug-likeness (QED) is 0.692. The van der Waals surface area contributed by atoms with E-state index in [9.17, 15) is 4.79 Å². The van der Waals surface area contributed by atoms with Gasteiger partial charge in [0.15, 0.2) is 11.6 Å². The molecule has 0 saturated heterocycles. The highest BCUT2D eigenvalue weighted by molar-refractivity contribution is 5.81. The van der Waals surface area contributed by atoms with Gasteiger partial charge in [-0.2, -0.15) is 5.10 Å². The average Bonchev–Trinajstić information content (AvgIpc) is 2.51. The van der Waals surface area contributed by atoms with Crippen molar-refractivity contribution in [2.75, 3.05) is 6.61 Å². The first-order chi connectivity index (χ1) is 6.61. The van der Waals surface area contributed by atoms with E-state index in [0.717, 1.165) is 5.82 Å². The van der Waals surface area contributed by atoms with Gasteiger partial charge in [0.05, 0.1) is 0 Å². The van der Waals surface area contributed by atoms with Gasteiger partial charge in [0.2, 0.25) is 0 Å². The summed E-state index contributed by atoms with van der Waals surface area (Å²) in [5, 5.41) is 3.89. The fourth-order valence-corrected chi connectivity index (χ4v) is 0.860. The second-order valence-corrected chi connectivity index (χ2v) is 3.41. The van der Waals surface area contributed by atoms with Gasteiger partial charge in [-0.15, -0.1) is 0 Å². The zero-order valence-corrected chi connectivity index (χ0v) is 8.73. The minimum atomic E-state index is 0.0227. The maximum absolute atomic E-state index is 11.2. The number of Topliss-reactive ketones (excluding diaryl/α,β-unsaturated/α-hetero) is 1. The Bertz CT molecular complexity index is 307. The lowest BCUT2D eigenvalue weighted by Crippen LogP contribution is -2.15. The van der Waals surface area contributed by atoms with Crippen molar-refractivity contribution in [3.05, 3.63) is 12.2 Å². The third-order valence-corrected chi connectivity index (χ3v) is 1.92. The smallest absolute Gasteiger partial charge is 0.160 e. The number of carbonyl (C=O) groups is 1. The fourth-order valence-electron chi connectivity index (χ4n) is 0.860. The summed E-state index contributed by atoms with van der Waals surface area (Å²) in [7, 11) is 1.79. The van der Waals surface area contributed by atoms with Crippen LogP contribution in [0.2, 0.25) is 0 Å². The Morgan fingerprint density at radius 2 is 2.36 bits per heavy atom. The van der Waals surface area contributed by atoms with Crippen molar-refractivity contribution in [3.8, 4) is 0 Å². The highest BCUT2D eigenvalue weighted by atomic mass is 16.5. The number of hydrogen-bond donors (Lipinski definition) is 0. The first-order valence-electron chi connectivity index (χ1n) is 4.54.